The second-order valence-corrected chi connectivity index (χ2v) is 5.95. The molecule has 2 aromatic rings. The molecule has 0 amide bonds. The van der Waals surface area contributed by atoms with Crippen LogP contribution in [0, 0.1) is 18.3 Å². The normalized spacial score (nSPS) is 10.4. The summed E-state index contributed by atoms with van der Waals surface area (Å²) in [6, 6.07) is 5.75. The third kappa shape index (κ3) is 2.16. The van der Waals surface area contributed by atoms with Gasteiger partial charge in [-0.05, 0) is 40.5 Å². The summed E-state index contributed by atoms with van der Waals surface area (Å²) in [5.41, 5.74) is 7.99. The molecule has 0 bridgehead atoms. The molecule has 0 atom stereocenters. The number of benzene rings is 1. The van der Waals surface area contributed by atoms with Crippen molar-refractivity contribution < 1.29 is 0 Å². The van der Waals surface area contributed by atoms with E-state index in [0.29, 0.717) is 16.4 Å². The highest BCUT2D eigenvalue weighted by molar-refractivity contribution is 9.11. The molecule has 0 spiro atoms. The Bertz CT molecular complexity index is 648. The third-order valence-corrected chi connectivity index (χ3v) is 3.92. The maximum absolute atomic E-state index is 9.05. The highest BCUT2D eigenvalue weighted by atomic mass is 79.9. The van der Waals surface area contributed by atoms with Gasteiger partial charge < -0.3 is 5.73 Å². The van der Waals surface area contributed by atoms with Crippen LogP contribution >= 0.6 is 43.5 Å². The summed E-state index contributed by atoms with van der Waals surface area (Å²) in [6.45, 7) is 1.84. The molecule has 0 saturated carbocycles. The summed E-state index contributed by atoms with van der Waals surface area (Å²) >= 11 is 13.0. The Kier molecular flexibility index (Phi) is 3.71. The third-order valence-electron chi connectivity index (χ3n) is 2.57. The molecule has 2 N–H and O–H groups in total. The van der Waals surface area contributed by atoms with Crippen LogP contribution in [0.5, 0.6) is 0 Å². The predicted molar refractivity (Wildman–Crippen MR) is 80.0 cm³/mol. The number of aromatic nitrogens is 1. The fourth-order valence-electron chi connectivity index (χ4n) is 1.75. The van der Waals surface area contributed by atoms with Gasteiger partial charge in [0.05, 0.1) is 16.3 Å². The van der Waals surface area contributed by atoms with Crippen molar-refractivity contribution in [1.29, 1.82) is 5.26 Å². The summed E-state index contributed by atoms with van der Waals surface area (Å²) in [6.07, 6.45) is 1.80. The second kappa shape index (κ2) is 4.96. The van der Waals surface area contributed by atoms with E-state index in [4.69, 9.17) is 22.6 Å². The van der Waals surface area contributed by atoms with E-state index in [2.05, 4.69) is 37.9 Å². The zero-order valence-corrected chi connectivity index (χ0v) is 13.3. The average Bonchev–Trinajstić information content (AvgIpc) is 2.53. The standard InChI is InChI=1S/C12H8Br2ClN3/c1-6-5-18(12(17)8(6)4-16)11-9(14)2-7(13)3-10(11)15/h2-3,5H,17H2,1H3. The number of nitrogens with two attached hydrogens (primary N) is 1. The smallest absolute Gasteiger partial charge is 0.126 e. The molecule has 2 rings (SSSR count). The highest BCUT2D eigenvalue weighted by Crippen LogP contribution is 2.35. The Morgan fingerprint density at radius 3 is 2.56 bits per heavy atom. The summed E-state index contributed by atoms with van der Waals surface area (Å²) in [5, 5.41) is 9.59. The molecule has 0 fully saturated rings. The average molecular weight is 389 g/mol. The van der Waals surface area contributed by atoms with Crippen molar-refractivity contribution >= 4 is 49.3 Å². The number of hydrogen-bond donors (Lipinski definition) is 1. The van der Waals surface area contributed by atoms with E-state index < -0.39 is 0 Å². The molecule has 0 saturated heterocycles. The molecule has 1 heterocycles. The number of hydrogen-bond acceptors (Lipinski definition) is 2. The first-order chi connectivity index (χ1) is 8.45. The first kappa shape index (κ1) is 13.5. The first-order valence-corrected chi connectivity index (χ1v) is 6.94. The van der Waals surface area contributed by atoms with Crippen molar-refractivity contribution in [2.24, 2.45) is 0 Å². The van der Waals surface area contributed by atoms with Crippen molar-refractivity contribution in [2.75, 3.05) is 5.73 Å². The summed E-state index contributed by atoms with van der Waals surface area (Å²) in [7, 11) is 0. The van der Waals surface area contributed by atoms with Gasteiger partial charge in [0.25, 0.3) is 0 Å². The fraction of sp³-hybridized carbons (Fsp3) is 0.0833. The first-order valence-electron chi connectivity index (χ1n) is 4.98. The van der Waals surface area contributed by atoms with Crippen LogP contribution < -0.4 is 5.73 Å². The van der Waals surface area contributed by atoms with Gasteiger partial charge in [0.15, 0.2) is 0 Å². The number of halogens is 3. The van der Waals surface area contributed by atoms with Gasteiger partial charge in [-0.2, -0.15) is 5.26 Å². The van der Waals surface area contributed by atoms with Crippen molar-refractivity contribution in [2.45, 2.75) is 6.92 Å². The molecule has 1 aromatic carbocycles. The van der Waals surface area contributed by atoms with Crippen LogP contribution in [-0.2, 0) is 0 Å². The molecule has 6 heteroatoms. The Labute approximate surface area is 126 Å². The van der Waals surface area contributed by atoms with Gasteiger partial charge in [0.1, 0.15) is 11.9 Å². The zero-order valence-electron chi connectivity index (χ0n) is 9.34. The van der Waals surface area contributed by atoms with Gasteiger partial charge in [0.2, 0.25) is 0 Å². The molecule has 0 aliphatic heterocycles. The maximum Gasteiger partial charge on any atom is 0.126 e. The molecular weight excluding hydrogens is 381 g/mol. The largest absolute Gasteiger partial charge is 0.384 e. The molecule has 1 aromatic heterocycles. The van der Waals surface area contributed by atoms with Gasteiger partial charge in [0, 0.05) is 15.1 Å². The lowest BCUT2D eigenvalue weighted by Crippen LogP contribution is -2.01. The number of nitrogens with zero attached hydrogens (tertiary/aromatic N) is 2. The van der Waals surface area contributed by atoms with Crippen molar-refractivity contribution in [3.05, 3.63) is 43.4 Å². The molecule has 0 radical (unpaired) electrons. The van der Waals surface area contributed by atoms with E-state index >= 15 is 0 Å². The molecule has 0 aliphatic rings. The zero-order chi connectivity index (χ0) is 13.4. The Morgan fingerprint density at radius 2 is 2.06 bits per heavy atom. The van der Waals surface area contributed by atoms with Crippen LogP contribution in [0.15, 0.2) is 27.3 Å². The number of rotatable bonds is 1. The second-order valence-electron chi connectivity index (χ2n) is 3.77. The van der Waals surface area contributed by atoms with Gasteiger partial charge in [-0.25, -0.2) is 0 Å². The molecule has 0 unspecified atom stereocenters. The van der Waals surface area contributed by atoms with Crippen LogP contribution in [0.1, 0.15) is 11.1 Å². The lowest BCUT2D eigenvalue weighted by atomic mass is 10.2. The number of nitriles is 1. The number of nitrogen functional groups attached to an aromatic ring is 1. The van der Waals surface area contributed by atoms with Gasteiger partial charge in [-0.3, -0.25) is 4.57 Å². The lowest BCUT2D eigenvalue weighted by molar-refractivity contribution is 1.08. The monoisotopic (exact) mass is 387 g/mol. The summed E-state index contributed by atoms with van der Waals surface area (Å²) in [4.78, 5) is 0. The lowest BCUT2D eigenvalue weighted by Gasteiger charge is -2.11. The highest BCUT2D eigenvalue weighted by Gasteiger charge is 2.16. The van der Waals surface area contributed by atoms with Gasteiger partial charge >= 0.3 is 0 Å². The quantitative estimate of drug-likeness (QED) is 0.785. The van der Waals surface area contributed by atoms with E-state index in [9.17, 15) is 0 Å². The molecule has 18 heavy (non-hydrogen) atoms. The summed E-state index contributed by atoms with van der Waals surface area (Å²) in [5.74, 6) is 0.389. The molecule has 92 valence electrons. The number of aryl methyl sites for hydroxylation is 1. The minimum Gasteiger partial charge on any atom is -0.384 e. The predicted octanol–water partition coefficient (Wildman–Crippen LogP) is 4.42. The van der Waals surface area contributed by atoms with Gasteiger partial charge in [-0.15, -0.1) is 0 Å². The van der Waals surface area contributed by atoms with Crippen LogP contribution in [0.3, 0.4) is 0 Å². The Hall–Kier alpha value is -0.960. The topological polar surface area (TPSA) is 54.7 Å². The van der Waals surface area contributed by atoms with E-state index in [1.807, 2.05) is 13.0 Å². The summed E-state index contributed by atoms with van der Waals surface area (Å²) < 4.78 is 3.38. The van der Waals surface area contributed by atoms with E-state index in [0.717, 1.165) is 20.2 Å². The molecule has 0 aliphatic carbocycles. The van der Waals surface area contributed by atoms with Crippen LogP contribution in [0.25, 0.3) is 5.69 Å². The van der Waals surface area contributed by atoms with E-state index in [1.54, 1.807) is 16.8 Å². The SMILES string of the molecule is Cc1cn(-c2c(Cl)cc(Br)cc2Br)c(N)c1C#N. The fourth-order valence-corrected chi connectivity index (χ4v) is 3.72. The minimum absolute atomic E-state index is 0.389. The Balaban J connectivity index is 2.75. The molecule has 3 nitrogen and oxygen atoms in total. The Morgan fingerprint density at radius 1 is 1.39 bits per heavy atom. The van der Waals surface area contributed by atoms with Crippen LogP contribution in [0.4, 0.5) is 5.82 Å². The van der Waals surface area contributed by atoms with Gasteiger partial charge in [-0.1, -0.05) is 27.5 Å². The van der Waals surface area contributed by atoms with E-state index in [-0.39, 0.29) is 0 Å². The van der Waals surface area contributed by atoms with Crippen LogP contribution in [-0.4, -0.2) is 4.57 Å². The van der Waals surface area contributed by atoms with Crippen molar-refractivity contribution in [3.8, 4) is 11.8 Å². The van der Waals surface area contributed by atoms with Crippen molar-refractivity contribution in [3.63, 3.8) is 0 Å². The van der Waals surface area contributed by atoms with Crippen LogP contribution in [0.2, 0.25) is 5.02 Å². The van der Waals surface area contributed by atoms with Crippen molar-refractivity contribution in [1.82, 2.24) is 4.57 Å². The minimum atomic E-state index is 0.389. The maximum atomic E-state index is 9.05. The van der Waals surface area contributed by atoms with E-state index in [1.165, 1.54) is 0 Å². The number of anilines is 1. The molecular formula is C12H8Br2ClN3.